The summed E-state index contributed by atoms with van der Waals surface area (Å²) in [6.45, 7) is 7.11. The number of hydrogen-bond donors (Lipinski definition) is 1. The molecule has 0 saturated carbocycles. The van der Waals surface area contributed by atoms with Gasteiger partial charge >= 0.3 is 0 Å². The second-order valence-corrected chi connectivity index (χ2v) is 6.42. The maximum atomic E-state index is 13.0. The Morgan fingerprint density at radius 1 is 1.19 bits per heavy atom. The van der Waals surface area contributed by atoms with Crippen molar-refractivity contribution in [1.82, 2.24) is 14.9 Å². The van der Waals surface area contributed by atoms with E-state index >= 15 is 0 Å². The molecule has 27 heavy (non-hydrogen) atoms. The number of nitrogens with one attached hydrogen (secondary N) is 1. The zero-order valence-corrected chi connectivity index (χ0v) is 17.1. The Bertz CT molecular complexity index is 958. The number of aromatic nitrogens is 2. The molecule has 0 aliphatic carbocycles. The van der Waals surface area contributed by atoms with E-state index in [1.807, 2.05) is 57.2 Å². The van der Waals surface area contributed by atoms with Crippen LogP contribution in [0.4, 0.5) is 11.4 Å². The molecule has 1 N–H and O–H groups in total. The topological polar surface area (TPSA) is 58.1 Å². The minimum absolute atomic E-state index is 0. The Morgan fingerprint density at radius 3 is 2.59 bits per heavy atom. The van der Waals surface area contributed by atoms with Crippen molar-refractivity contribution in [2.24, 2.45) is 0 Å². The number of amides is 1. The third-order valence-electron chi connectivity index (χ3n) is 4.24. The summed E-state index contributed by atoms with van der Waals surface area (Å²) < 4.78 is 0. The third kappa shape index (κ3) is 4.49. The van der Waals surface area contributed by atoms with Gasteiger partial charge in [-0.2, -0.15) is 0 Å². The van der Waals surface area contributed by atoms with Crippen LogP contribution in [-0.2, 0) is 0 Å². The summed E-state index contributed by atoms with van der Waals surface area (Å²) in [4.78, 5) is 23.7. The minimum atomic E-state index is -0.0606. The highest BCUT2D eigenvalue weighted by atomic mass is 35.5. The number of pyridine rings is 2. The molecule has 142 valence electrons. The maximum Gasteiger partial charge on any atom is 0.257 e. The third-order valence-corrected chi connectivity index (χ3v) is 4.48. The second kappa shape index (κ2) is 9.02. The Hall–Kier alpha value is -2.37. The summed E-state index contributed by atoms with van der Waals surface area (Å²) >= 11 is 6.11. The van der Waals surface area contributed by atoms with Crippen LogP contribution in [0, 0.1) is 6.92 Å². The number of hydrogen-bond acceptors (Lipinski definition) is 4. The normalized spacial score (nSPS) is 10.4. The van der Waals surface area contributed by atoms with Crippen LogP contribution in [0.5, 0.6) is 0 Å². The van der Waals surface area contributed by atoms with Crippen molar-refractivity contribution < 1.29 is 4.79 Å². The first-order chi connectivity index (χ1) is 12.5. The number of rotatable bonds is 5. The van der Waals surface area contributed by atoms with Crippen LogP contribution in [0.25, 0.3) is 11.0 Å². The van der Waals surface area contributed by atoms with Gasteiger partial charge in [0.15, 0.2) is 5.65 Å². The van der Waals surface area contributed by atoms with Crippen molar-refractivity contribution in [1.29, 1.82) is 0 Å². The summed E-state index contributed by atoms with van der Waals surface area (Å²) in [5, 5.41) is 4.77. The van der Waals surface area contributed by atoms with Crippen molar-refractivity contribution in [3.05, 3.63) is 58.9 Å². The highest BCUT2D eigenvalue weighted by Gasteiger charge is 2.20. The molecule has 0 spiro atoms. The predicted molar refractivity (Wildman–Crippen MR) is 114 cm³/mol. The van der Waals surface area contributed by atoms with Crippen LogP contribution in [0.1, 0.15) is 29.9 Å². The Kier molecular flexibility index (Phi) is 6.99. The van der Waals surface area contributed by atoms with Gasteiger partial charge in [-0.15, -0.1) is 12.4 Å². The molecule has 1 amide bonds. The first-order valence-corrected chi connectivity index (χ1v) is 8.99. The highest BCUT2D eigenvalue weighted by Crippen LogP contribution is 2.30. The number of fused-ring (bicyclic) bond motifs is 1. The highest BCUT2D eigenvalue weighted by molar-refractivity contribution is 6.30. The lowest BCUT2D eigenvalue weighted by Gasteiger charge is -2.21. The number of benzene rings is 1. The van der Waals surface area contributed by atoms with Gasteiger partial charge in [-0.3, -0.25) is 4.79 Å². The van der Waals surface area contributed by atoms with Crippen LogP contribution in [0.2, 0.25) is 5.02 Å². The largest absolute Gasteiger partial charge is 0.354 e. The summed E-state index contributed by atoms with van der Waals surface area (Å²) in [5.74, 6) is -0.0606. The fraction of sp³-hybridized carbons (Fsp3) is 0.250. The molecule has 0 bridgehead atoms. The maximum absolute atomic E-state index is 13.0. The number of aryl methyl sites for hydroxylation is 1. The molecule has 0 radical (unpaired) electrons. The number of anilines is 2. The van der Waals surface area contributed by atoms with E-state index in [4.69, 9.17) is 11.6 Å². The Morgan fingerprint density at radius 2 is 1.93 bits per heavy atom. The van der Waals surface area contributed by atoms with Gasteiger partial charge in [0.25, 0.3) is 5.91 Å². The van der Waals surface area contributed by atoms with Crippen LogP contribution < -0.4 is 5.32 Å². The first-order valence-electron chi connectivity index (χ1n) is 8.61. The zero-order chi connectivity index (χ0) is 18.7. The van der Waals surface area contributed by atoms with Gasteiger partial charge in [-0.05, 0) is 51.1 Å². The van der Waals surface area contributed by atoms with E-state index < -0.39 is 0 Å². The van der Waals surface area contributed by atoms with Gasteiger partial charge in [0.1, 0.15) is 0 Å². The number of halogens is 2. The van der Waals surface area contributed by atoms with Crippen LogP contribution in [0.3, 0.4) is 0 Å². The van der Waals surface area contributed by atoms with Crippen LogP contribution in [0.15, 0.2) is 42.6 Å². The second-order valence-electron chi connectivity index (χ2n) is 5.98. The molecule has 0 unspecified atom stereocenters. The van der Waals surface area contributed by atoms with Gasteiger partial charge in [-0.25, -0.2) is 9.97 Å². The quantitative estimate of drug-likeness (QED) is 0.631. The van der Waals surface area contributed by atoms with E-state index in [-0.39, 0.29) is 18.3 Å². The summed E-state index contributed by atoms with van der Waals surface area (Å²) in [6.07, 6.45) is 1.60. The van der Waals surface area contributed by atoms with Crippen molar-refractivity contribution in [3.8, 4) is 0 Å². The molecule has 3 aromatic rings. The molecule has 2 aromatic heterocycles. The fourth-order valence-corrected chi connectivity index (χ4v) is 3.05. The molecule has 7 heteroatoms. The summed E-state index contributed by atoms with van der Waals surface area (Å²) in [5.41, 5.74) is 3.50. The molecule has 0 aliphatic rings. The average Bonchev–Trinajstić information content (AvgIpc) is 2.62. The Labute approximate surface area is 170 Å². The van der Waals surface area contributed by atoms with Gasteiger partial charge in [0.2, 0.25) is 0 Å². The van der Waals surface area contributed by atoms with Gasteiger partial charge in [0, 0.05) is 41.1 Å². The van der Waals surface area contributed by atoms with E-state index in [0.717, 1.165) is 16.8 Å². The lowest BCUT2D eigenvalue weighted by molar-refractivity contribution is 0.0774. The average molecular weight is 405 g/mol. The smallest absolute Gasteiger partial charge is 0.257 e. The zero-order valence-electron chi connectivity index (χ0n) is 15.5. The van der Waals surface area contributed by atoms with Crippen molar-refractivity contribution in [2.45, 2.75) is 20.8 Å². The first kappa shape index (κ1) is 20.9. The predicted octanol–water partition coefficient (Wildman–Crippen LogP) is 5.24. The standard InChI is InChI=1S/C20H21ClN4O.ClH/c1-4-25(5-2)20(26)17-12-22-19-16(10-9-13(3)23-19)18(17)24-15-8-6-7-14(21)11-15;/h6-12H,4-5H2,1-3H3,(H,22,23,24);1H. The van der Waals surface area contributed by atoms with Gasteiger partial charge in [0.05, 0.1) is 11.3 Å². The molecule has 1 aromatic carbocycles. The van der Waals surface area contributed by atoms with Crippen LogP contribution >= 0.6 is 24.0 Å². The lowest BCUT2D eigenvalue weighted by atomic mass is 10.1. The minimum Gasteiger partial charge on any atom is -0.354 e. The Balaban J connectivity index is 0.00000261. The van der Waals surface area contributed by atoms with Crippen molar-refractivity contribution >= 4 is 52.3 Å². The fourth-order valence-electron chi connectivity index (χ4n) is 2.86. The monoisotopic (exact) mass is 404 g/mol. The molecule has 0 fully saturated rings. The summed E-state index contributed by atoms with van der Waals surface area (Å²) in [7, 11) is 0. The molecule has 0 aliphatic heterocycles. The van der Waals surface area contributed by atoms with Gasteiger partial charge in [-0.1, -0.05) is 17.7 Å². The number of nitrogens with zero attached hydrogens (tertiary/aromatic N) is 3. The van der Waals surface area contributed by atoms with E-state index in [2.05, 4.69) is 15.3 Å². The molecule has 5 nitrogen and oxygen atoms in total. The molecule has 2 heterocycles. The lowest BCUT2D eigenvalue weighted by Crippen LogP contribution is -2.31. The number of carbonyl (C=O) groups excluding carboxylic acids is 1. The molecule has 0 saturated heterocycles. The van der Waals surface area contributed by atoms with E-state index in [0.29, 0.717) is 35.0 Å². The molecular formula is C20H22Cl2N4O. The molecule has 0 atom stereocenters. The molecule has 3 rings (SSSR count). The van der Waals surface area contributed by atoms with Crippen molar-refractivity contribution in [3.63, 3.8) is 0 Å². The van der Waals surface area contributed by atoms with Crippen LogP contribution in [-0.4, -0.2) is 33.9 Å². The van der Waals surface area contributed by atoms with E-state index in [1.54, 1.807) is 11.1 Å². The van der Waals surface area contributed by atoms with Gasteiger partial charge < -0.3 is 10.2 Å². The van der Waals surface area contributed by atoms with Crippen molar-refractivity contribution in [2.75, 3.05) is 18.4 Å². The number of carbonyl (C=O) groups is 1. The SMILES string of the molecule is CCN(CC)C(=O)c1cnc2nc(C)ccc2c1Nc1cccc(Cl)c1.Cl. The summed E-state index contributed by atoms with van der Waals surface area (Å²) in [6, 6.07) is 11.3. The van der Waals surface area contributed by atoms with E-state index in [9.17, 15) is 4.79 Å². The van der Waals surface area contributed by atoms with E-state index in [1.165, 1.54) is 0 Å². The molecular weight excluding hydrogens is 383 g/mol.